The molecule has 4 rings (SSSR count). The van der Waals surface area contributed by atoms with Crippen LogP contribution in [-0.4, -0.2) is 56.3 Å². The van der Waals surface area contributed by atoms with Crippen LogP contribution in [0.25, 0.3) is 0 Å². The van der Waals surface area contributed by atoms with Gasteiger partial charge in [0.05, 0.1) is 7.11 Å². The molecule has 2 saturated heterocycles. The smallest absolute Gasteiger partial charge is 0.254 e. The number of nitrogens with zero attached hydrogens (tertiary/aromatic N) is 2. The molecule has 2 aliphatic heterocycles. The first-order chi connectivity index (χ1) is 14.8. The fraction of sp³-hybridized carbons (Fsp3) is 0.708. The number of ether oxygens (including phenoxy) is 1. The van der Waals surface area contributed by atoms with E-state index in [9.17, 15) is 13.2 Å². The van der Waals surface area contributed by atoms with Gasteiger partial charge in [-0.05, 0) is 68.1 Å². The zero-order chi connectivity index (χ0) is 22.2. The Labute approximate surface area is 187 Å². The minimum atomic E-state index is -3.74. The second kappa shape index (κ2) is 9.10. The number of rotatable bonds is 4. The van der Waals surface area contributed by atoms with Crippen LogP contribution in [0.15, 0.2) is 23.1 Å². The SMILES string of the molecule is COc1ccc(C(=O)N2CCCC3CCCCC32)cc1S(=O)(=O)N1CC(C)CC(C)C1. The number of carbonyl (C=O) groups is 1. The second-order valence-corrected chi connectivity index (χ2v) is 11.8. The van der Waals surface area contributed by atoms with Gasteiger partial charge in [-0.1, -0.05) is 26.7 Å². The number of hydrogen-bond donors (Lipinski definition) is 0. The number of amides is 1. The van der Waals surface area contributed by atoms with Gasteiger partial charge in [-0.25, -0.2) is 8.42 Å². The summed E-state index contributed by atoms with van der Waals surface area (Å²) in [7, 11) is -2.26. The first-order valence-electron chi connectivity index (χ1n) is 11.8. The largest absolute Gasteiger partial charge is 0.495 e. The van der Waals surface area contributed by atoms with E-state index in [1.165, 1.54) is 32.8 Å². The van der Waals surface area contributed by atoms with Gasteiger partial charge in [0, 0.05) is 31.2 Å². The molecule has 7 heteroatoms. The summed E-state index contributed by atoms with van der Waals surface area (Å²) >= 11 is 0. The summed E-state index contributed by atoms with van der Waals surface area (Å²) in [5.74, 6) is 1.47. The molecule has 1 aromatic rings. The molecule has 4 atom stereocenters. The molecule has 0 aromatic heterocycles. The predicted octanol–water partition coefficient (Wildman–Crippen LogP) is 4.16. The van der Waals surface area contributed by atoms with E-state index in [1.54, 1.807) is 22.5 Å². The van der Waals surface area contributed by atoms with Crippen LogP contribution in [0.4, 0.5) is 0 Å². The maximum Gasteiger partial charge on any atom is 0.254 e. The molecule has 0 spiro atoms. The van der Waals surface area contributed by atoms with Crippen LogP contribution in [0.2, 0.25) is 0 Å². The van der Waals surface area contributed by atoms with E-state index < -0.39 is 10.0 Å². The van der Waals surface area contributed by atoms with Crippen LogP contribution in [0.3, 0.4) is 0 Å². The van der Waals surface area contributed by atoms with Gasteiger partial charge >= 0.3 is 0 Å². The van der Waals surface area contributed by atoms with E-state index >= 15 is 0 Å². The minimum absolute atomic E-state index is 0.0453. The fourth-order valence-corrected chi connectivity index (χ4v) is 7.86. The molecule has 0 radical (unpaired) electrons. The van der Waals surface area contributed by atoms with Crippen LogP contribution in [0.1, 0.15) is 69.2 Å². The van der Waals surface area contributed by atoms with Gasteiger partial charge in [0.2, 0.25) is 10.0 Å². The molecule has 6 nitrogen and oxygen atoms in total. The van der Waals surface area contributed by atoms with Crippen LogP contribution in [0.5, 0.6) is 5.75 Å². The molecule has 4 unspecified atom stereocenters. The number of sulfonamides is 1. The molecule has 3 aliphatic rings. The molecular weight excluding hydrogens is 412 g/mol. The monoisotopic (exact) mass is 448 g/mol. The maximum atomic E-state index is 13.6. The first kappa shape index (κ1) is 22.6. The summed E-state index contributed by atoms with van der Waals surface area (Å²) in [6.07, 6.45) is 7.92. The third kappa shape index (κ3) is 4.49. The lowest BCUT2D eigenvalue weighted by Crippen LogP contribution is -2.49. The molecule has 1 aliphatic carbocycles. The standard InChI is InChI=1S/C24H36N2O4S/c1-17-13-18(2)16-25(15-17)31(28,29)23-14-20(10-11-22(23)30-3)24(27)26-12-6-8-19-7-4-5-9-21(19)26/h10-11,14,17-19,21H,4-9,12-13,15-16H2,1-3H3. The predicted molar refractivity (Wildman–Crippen MR) is 121 cm³/mol. The van der Waals surface area contributed by atoms with Crippen molar-refractivity contribution < 1.29 is 17.9 Å². The highest BCUT2D eigenvalue weighted by Crippen LogP contribution is 2.37. The van der Waals surface area contributed by atoms with E-state index in [-0.39, 0.29) is 10.8 Å². The zero-order valence-corrected chi connectivity index (χ0v) is 19.9. The molecule has 2 heterocycles. The fourth-order valence-electron chi connectivity index (χ4n) is 6.00. The zero-order valence-electron chi connectivity index (χ0n) is 19.0. The topological polar surface area (TPSA) is 66.9 Å². The normalized spacial score (nSPS) is 30.0. The number of hydrogen-bond acceptors (Lipinski definition) is 4. The van der Waals surface area contributed by atoms with E-state index in [0.29, 0.717) is 48.2 Å². The number of methoxy groups -OCH3 is 1. The second-order valence-electron chi connectivity index (χ2n) is 9.89. The number of benzene rings is 1. The van der Waals surface area contributed by atoms with Crippen molar-refractivity contribution in [3.05, 3.63) is 23.8 Å². The molecular formula is C24H36N2O4S. The Hall–Kier alpha value is -1.60. The van der Waals surface area contributed by atoms with Gasteiger partial charge in [-0.15, -0.1) is 0 Å². The van der Waals surface area contributed by atoms with Gasteiger partial charge in [-0.2, -0.15) is 4.31 Å². The maximum absolute atomic E-state index is 13.6. The van der Waals surface area contributed by atoms with Crippen molar-refractivity contribution in [1.29, 1.82) is 0 Å². The Bertz CT molecular complexity index is 904. The Balaban J connectivity index is 1.65. The molecule has 3 fully saturated rings. The van der Waals surface area contributed by atoms with Crippen molar-refractivity contribution in [3.63, 3.8) is 0 Å². The van der Waals surface area contributed by atoms with E-state index in [2.05, 4.69) is 13.8 Å². The number of likely N-dealkylation sites (tertiary alicyclic amines) is 1. The highest BCUT2D eigenvalue weighted by Gasteiger charge is 2.37. The number of fused-ring (bicyclic) bond motifs is 1. The Kier molecular flexibility index (Phi) is 6.63. The third-order valence-corrected chi connectivity index (χ3v) is 9.22. The van der Waals surface area contributed by atoms with Crippen molar-refractivity contribution >= 4 is 15.9 Å². The van der Waals surface area contributed by atoms with Gasteiger partial charge in [0.1, 0.15) is 10.6 Å². The van der Waals surface area contributed by atoms with Crippen molar-refractivity contribution in [2.24, 2.45) is 17.8 Å². The Morgan fingerprint density at radius 1 is 1.03 bits per heavy atom. The van der Waals surface area contributed by atoms with Gasteiger partial charge < -0.3 is 9.64 Å². The summed E-state index contributed by atoms with van der Waals surface area (Å²) in [6, 6.07) is 5.20. The Morgan fingerprint density at radius 3 is 2.42 bits per heavy atom. The van der Waals surface area contributed by atoms with E-state index in [0.717, 1.165) is 25.8 Å². The summed E-state index contributed by atoms with van der Waals surface area (Å²) < 4.78 is 34.1. The lowest BCUT2D eigenvalue weighted by atomic mass is 9.78. The quantitative estimate of drug-likeness (QED) is 0.694. The summed E-state index contributed by atoms with van der Waals surface area (Å²) in [5.41, 5.74) is 0.448. The summed E-state index contributed by atoms with van der Waals surface area (Å²) in [6.45, 7) is 5.95. The van der Waals surface area contributed by atoms with Crippen LogP contribution in [-0.2, 0) is 10.0 Å². The van der Waals surface area contributed by atoms with Crippen molar-refractivity contribution in [2.45, 2.75) is 69.7 Å². The molecule has 1 aromatic carbocycles. The van der Waals surface area contributed by atoms with Crippen molar-refractivity contribution in [1.82, 2.24) is 9.21 Å². The van der Waals surface area contributed by atoms with Gasteiger partial charge in [-0.3, -0.25) is 4.79 Å². The molecule has 1 saturated carbocycles. The van der Waals surface area contributed by atoms with E-state index in [4.69, 9.17) is 4.74 Å². The van der Waals surface area contributed by atoms with Crippen LogP contribution >= 0.6 is 0 Å². The molecule has 0 N–H and O–H groups in total. The molecule has 0 bridgehead atoms. The minimum Gasteiger partial charge on any atom is -0.495 e. The molecule has 31 heavy (non-hydrogen) atoms. The lowest BCUT2D eigenvalue weighted by Gasteiger charge is -2.44. The average molecular weight is 449 g/mol. The summed E-state index contributed by atoms with van der Waals surface area (Å²) in [4.78, 5) is 15.6. The lowest BCUT2D eigenvalue weighted by molar-refractivity contribution is 0.0390. The third-order valence-electron chi connectivity index (χ3n) is 7.37. The van der Waals surface area contributed by atoms with Crippen molar-refractivity contribution in [2.75, 3.05) is 26.7 Å². The Morgan fingerprint density at radius 2 is 1.71 bits per heavy atom. The first-order valence-corrected chi connectivity index (χ1v) is 13.2. The average Bonchev–Trinajstić information content (AvgIpc) is 2.77. The molecule has 172 valence electrons. The summed E-state index contributed by atoms with van der Waals surface area (Å²) in [5, 5.41) is 0. The van der Waals surface area contributed by atoms with Crippen LogP contribution < -0.4 is 4.74 Å². The van der Waals surface area contributed by atoms with Crippen molar-refractivity contribution in [3.8, 4) is 5.75 Å². The van der Waals surface area contributed by atoms with Gasteiger partial charge in [0.25, 0.3) is 5.91 Å². The van der Waals surface area contributed by atoms with E-state index in [1.807, 2.05) is 4.90 Å². The highest BCUT2D eigenvalue weighted by atomic mass is 32.2. The highest BCUT2D eigenvalue weighted by molar-refractivity contribution is 7.89. The van der Waals surface area contributed by atoms with Crippen LogP contribution in [0, 0.1) is 17.8 Å². The number of carbonyl (C=O) groups excluding carboxylic acids is 1. The number of piperidine rings is 2. The molecule has 1 amide bonds. The van der Waals surface area contributed by atoms with Gasteiger partial charge in [0.15, 0.2) is 0 Å².